The summed E-state index contributed by atoms with van der Waals surface area (Å²) in [6.07, 6.45) is 4.38. The molecule has 1 aliphatic carbocycles. The molecule has 1 saturated carbocycles. The van der Waals surface area contributed by atoms with Gasteiger partial charge in [-0.25, -0.2) is 9.97 Å². The lowest BCUT2D eigenvalue weighted by Gasteiger charge is -2.27. The SMILES string of the molecule is CCOc1ccnc(NCc2c(C)noc2-c2ccc(NC(=O)C3CCCCC3C(=O)O)c(C)n2)n1. The van der Waals surface area contributed by atoms with Gasteiger partial charge in [0.15, 0.2) is 5.76 Å². The molecule has 190 valence electrons. The number of anilines is 2. The number of hydrogen-bond donors (Lipinski definition) is 3. The van der Waals surface area contributed by atoms with Crippen LogP contribution in [0.4, 0.5) is 11.6 Å². The van der Waals surface area contributed by atoms with Crippen molar-refractivity contribution in [3.63, 3.8) is 0 Å². The highest BCUT2D eigenvalue weighted by Gasteiger charge is 2.35. The van der Waals surface area contributed by atoms with Crippen LogP contribution in [0, 0.1) is 25.7 Å². The highest BCUT2D eigenvalue weighted by Crippen LogP contribution is 2.32. The van der Waals surface area contributed by atoms with E-state index in [4.69, 9.17) is 9.26 Å². The van der Waals surface area contributed by atoms with Crippen molar-refractivity contribution >= 4 is 23.5 Å². The van der Waals surface area contributed by atoms with E-state index in [0.717, 1.165) is 18.4 Å². The van der Waals surface area contributed by atoms with Gasteiger partial charge in [-0.1, -0.05) is 18.0 Å². The largest absolute Gasteiger partial charge is 0.481 e. The number of carbonyl (C=O) groups excluding carboxylic acids is 1. The molecule has 0 aromatic carbocycles. The highest BCUT2D eigenvalue weighted by molar-refractivity contribution is 5.95. The summed E-state index contributed by atoms with van der Waals surface area (Å²) in [5.41, 5.74) is 3.19. The Morgan fingerprint density at radius 3 is 2.61 bits per heavy atom. The van der Waals surface area contributed by atoms with Gasteiger partial charge in [-0.15, -0.1) is 0 Å². The van der Waals surface area contributed by atoms with Crippen LogP contribution in [-0.4, -0.2) is 43.7 Å². The number of nitrogens with zero attached hydrogens (tertiary/aromatic N) is 4. The molecule has 3 N–H and O–H groups in total. The molecule has 3 aromatic rings. The van der Waals surface area contributed by atoms with Gasteiger partial charge in [0, 0.05) is 24.4 Å². The molecule has 1 fully saturated rings. The van der Waals surface area contributed by atoms with Gasteiger partial charge in [0.25, 0.3) is 0 Å². The normalized spacial score (nSPS) is 17.4. The van der Waals surface area contributed by atoms with Crippen molar-refractivity contribution < 1.29 is 24.0 Å². The molecule has 0 radical (unpaired) electrons. The fourth-order valence-corrected chi connectivity index (χ4v) is 4.41. The van der Waals surface area contributed by atoms with Crippen LogP contribution in [-0.2, 0) is 16.1 Å². The molecule has 1 aliphatic rings. The molecule has 11 nitrogen and oxygen atoms in total. The number of aliphatic carboxylic acids is 1. The molecule has 0 aliphatic heterocycles. The number of amides is 1. The van der Waals surface area contributed by atoms with Crippen molar-refractivity contribution in [2.75, 3.05) is 17.2 Å². The average molecular weight is 495 g/mol. The predicted octanol–water partition coefficient (Wildman–Crippen LogP) is 3.98. The van der Waals surface area contributed by atoms with Crippen LogP contribution in [0.2, 0.25) is 0 Å². The molecule has 11 heteroatoms. The van der Waals surface area contributed by atoms with Crippen LogP contribution in [0.1, 0.15) is 49.6 Å². The third kappa shape index (κ3) is 5.61. The second kappa shape index (κ2) is 11.1. The maximum Gasteiger partial charge on any atom is 0.307 e. The van der Waals surface area contributed by atoms with Crippen molar-refractivity contribution in [2.45, 2.75) is 53.0 Å². The quantitative estimate of drug-likeness (QED) is 0.398. The summed E-state index contributed by atoms with van der Waals surface area (Å²) in [4.78, 5) is 37.6. The fraction of sp³-hybridized carbons (Fsp3) is 0.440. The summed E-state index contributed by atoms with van der Waals surface area (Å²) in [5.74, 6) is -1.01. The summed E-state index contributed by atoms with van der Waals surface area (Å²) in [7, 11) is 0. The Kier molecular flexibility index (Phi) is 7.77. The standard InChI is InChI=1S/C25H30N6O5/c1-4-35-21-11-12-26-25(30-21)27-13-18-14(2)31-36-22(18)20-10-9-19(15(3)28-20)29-23(32)16-7-5-6-8-17(16)24(33)34/h9-12,16-17H,4-8,13H2,1-3H3,(H,29,32)(H,33,34)(H,26,27,30). The third-order valence-corrected chi connectivity index (χ3v) is 6.33. The number of pyridine rings is 1. The molecule has 2 unspecified atom stereocenters. The second-order valence-electron chi connectivity index (χ2n) is 8.74. The number of carbonyl (C=O) groups is 2. The van der Waals surface area contributed by atoms with Crippen molar-refractivity contribution in [1.29, 1.82) is 0 Å². The highest BCUT2D eigenvalue weighted by atomic mass is 16.5. The van der Waals surface area contributed by atoms with Gasteiger partial charge in [-0.2, -0.15) is 4.98 Å². The second-order valence-corrected chi connectivity index (χ2v) is 8.74. The third-order valence-electron chi connectivity index (χ3n) is 6.33. The summed E-state index contributed by atoms with van der Waals surface area (Å²) in [6, 6.07) is 5.18. The number of rotatable bonds is 9. The Balaban J connectivity index is 1.48. The van der Waals surface area contributed by atoms with Gasteiger partial charge in [0.2, 0.25) is 17.7 Å². The smallest absolute Gasteiger partial charge is 0.307 e. The van der Waals surface area contributed by atoms with Crippen LogP contribution >= 0.6 is 0 Å². The predicted molar refractivity (Wildman–Crippen MR) is 131 cm³/mol. The Hall–Kier alpha value is -4.02. The number of carboxylic acid groups (broad SMARTS) is 1. The van der Waals surface area contributed by atoms with Crippen LogP contribution in [0.15, 0.2) is 28.9 Å². The van der Waals surface area contributed by atoms with Crippen molar-refractivity contribution in [2.24, 2.45) is 11.8 Å². The maximum atomic E-state index is 12.9. The molecular weight excluding hydrogens is 464 g/mol. The topological polar surface area (TPSA) is 152 Å². The van der Waals surface area contributed by atoms with Crippen LogP contribution < -0.4 is 15.4 Å². The minimum atomic E-state index is -0.920. The minimum Gasteiger partial charge on any atom is -0.481 e. The zero-order valence-corrected chi connectivity index (χ0v) is 20.6. The molecular formula is C25H30N6O5. The summed E-state index contributed by atoms with van der Waals surface area (Å²) in [6.45, 7) is 6.37. The van der Waals surface area contributed by atoms with Crippen LogP contribution in [0.25, 0.3) is 11.5 Å². The van der Waals surface area contributed by atoms with Gasteiger partial charge in [0.05, 0.1) is 35.5 Å². The number of nitrogens with one attached hydrogen (secondary N) is 2. The first kappa shape index (κ1) is 25.1. The molecule has 3 aromatic heterocycles. The zero-order valence-electron chi connectivity index (χ0n) is 20.6. The lowest BCUT2D eigenvalue weighted by atomic mass is 9.78. The Morgan fingerprint density at radius 1 is 1.11 bits per heavy atom. The van der Waals surface area contributed by atoms with E-state index >= 15 is 0 Å². The van der Waals surface area contributed by atoms with Crippen molar-refractivity contribution in [3.8, 4) is 17.3 Å². The van der Waals surface area contributed by atoms with Gasteiger partial charge in [0.1, 0.15) is 5.69 Å². The molecule has 0 saturated heterocycles. The molecule has 3 heterocycles. The van der Waals surface area contributed by atoms with E-state index in [2.05, 4.69) is 30.7 Å². The first-order valence-corrected chi connectivity index (χ1v) is 12.0. The van der Waals surface area contributed by atoms with E-state index in [1.165, 1.54) is 0 Å². The maximum absolute atomic E-state index is 12.9. The van der Waals surface area contributed by atoms with E-state index in [9.17, 15) is 14.7 Å². The van der Waals surface area contributed by atoms with Crippen LogP contribution in [0.3, 0.4) is 0 Å². The average Bonchev–Trinajstić information content (AvgIpc) is 3.24. The fourth-order valence-electron chi connectivity index (χ4n) is 4.41. The number of aromatic nitrogens is 4. The Labute approximate surface area is 208 Å². The number of ether oxygens (including phenoxy) is 1. The molecule has 0 bridgehead atoms. The van der Waals surface area contributed by atoms with Gasteiger partial charge in [-0.3, -0.25) is 9.59 Å². The monoisotopic (exact) mass is 494 g/mol. The lowest BCUT2D eigenvalue weighted by molar-refractivity contribution is -0.147. The Morgan fingerprint density at radius 2 is 1.89 bits per heavy atom. The zero-order chi connectivity index (χ0) is 25.7. The van der Waals surface area contributed by atoms with E-state index in [-0.39, 0.29) is 5.91 Å². The molecule has 1 amide bonds. The van der Waals surface area contributed by atoms with Crippen molar-refractivity contribution in [1.82, 2.24) is 20.1 Å². The first-order valence-electron chi connectivity index (χ1n) is 12.0. The van der Waals surface area contributed by atoms with Crippen LogP contribution in [0.5, 0.6) is 5.88 Å². The van der Waals surface area contributed by atoms with Gasteiger partial charge in [-0.05, 0) is 45.7 Å². The van der Waals surface area contributed by atoms with E-state index in [1.54, 1.807) is 31.3 Å². The van der Waals surface area contributed by atoms with E-state index < -0.39 is 17.8 Å². The van der Waals surface area contributed by atoms with Crippen molar-refractivity contribution in [3.05, 3.63) is 41.3 Å². The minimum absolute atomic E-state index is 0.283. The van der Waals surface area contributed by atoms with Gasteiger partial charge >= 0.3 is 5.97 Å². The summed E-state index contributed by atoms with van der Waals surface area (Å²) >= 11 is 0. The summed E-state index contributed by atoms with van der Waals surface area (Å²) in [5, 5.41) is 19.6. The number of hydrogen-bond acceptors (Lipinski definition) is 9. The molecule has 4 rings (SSSR count). The molecule has 36 heavy (non-hydrogen) atoms. The first-order chi connectivity index (χ1) is 17.4. The Bertz CT molecular complexity index is 1240. The molecule has 2 atom stereocenters. The van der Waals surface area contributed by atoms with E-state index in [0.29, 0.717) is 66.4 Å². The van der Waals surface area contributed by atoms with Gasteiger partial charge < -0.3 is 25.0 Å². The number of aryl methyl sites for hydroxylation is 2. The lowest BCUT2D eigenvalue weighted by Crippen LogP contribution is -2.36. The number of carboxylic acids is 1. The summed E-state index contributed by atoms with van der Waals surface area (Å²) < 4.78 is 11.0. The molecule has 0 spiro atoms. The van der Waals surface area contributed by atoms with E-state index in [1.807, 2.05) is 13.8 Å².